The molecule has 0 radical (unpaired) electrons. The van der Waals surface area contributed by atoms with E-state index in [1.54, 1.807) is 18.2 Å². The Hall–Kier alpha value is -0.980. The monoisotopic (exact) mass is 216 g/mol. The van der Waals surface area contributed by atoms with Gasteiger partial charge in [-0.1, -0.05) is 18.9 Å². The SMILES string of the molecule is COc1ccc2c(c1)CC[C@@H]1CCCC[C@H]21. The lowest BCUT2D eigenvalue weighted by molar-refractivity contribution is 0.275. The van der Waals surface area contributed by atoms with Crippen LogP contribution in [0.2, 0.25) is 0 Å². The largest absolute Gasteiger partial charge is 0.497 e. The topological polar surface area (TPSA) is 9.23 Å². The average Bonchev–Trinajstić information content (AvgIpc) is 2.38. The van der Waals surface area contributed by atoms with Crippen LogP contribution in [0.4, 0.5) is 0 Å². The Bertz CT molecular complexity index is 383. The van der Waals surface area contributed by atoms with Crippen molar-refractivity contribution < 1.29 is 4.74 Å². The van der Waals surface area contributed by atoms with Crippen LogP contribution in [0.5, 0.6) is 5.75 Å². The predicted molar refractivity (Wildman–Crippen MR) is 66.0 cm³/mol. The number of rotatable bonds is 1. The maximum absolute atomic E-state index is 5.32. The first-order valence-electron chi connectivity index (χ1n) is 6.55. The summed E-state index contributed by atoms with van der Waals surface area (Å²) in [7, 11) is 1.76. The van der Waals surface area contributed by atoms with Crippen molar-refractivity contribution in [3.63, 3.8) is 0 Å². The third kappa shape index (κ3) is 1.63. The van der Waals surface area contributed by atoms with Crippen molar-refractivity contribution in [2.45, 2.75) is 44.4 Å². The second-order valence-electron chi connectivity index (χ2n) is 5.25. The fourth-order valence-corrected chi connectivity index (χ4v) is 3.59. The molecule has 1 heteroatoms. The summed E-state index contributed by atoms with van der Waals surface area (Å²) in [4.78, 5) is 0. The van der Waals surface area contributed by atoms with Gasteiger partial charge in [-0.3, -0.25) is 0 Å². The van der Waals surface area contributed by atoms with E-state index >= 15 is 0 Å². The van der Waals surface area contributed by atoms with Gasteiger partial charge in [0.1, 0.15) is 5.75 Å². The standard InChI is InChI=1S/C15H20O/c1-16-13-8-9-15-12(10-13)7-6-11-4-2-3-5-14(11)15/h8-11,14H,2-7H2,1H3/t11-,14-/m0/s1. The Labute approximate surface area is 97.8 Å². The third-order valence-electron chi connectivity index (χ3n) is 4.44. The van der Waals surface area contributed by atoms with Crippen molar-refractivity contribution in [2.75, 3.05) is 7.11 Å². The maximum atomic E-state index is 5.32. The Morgan fingerprint density at radius 3 is 2.88 bits per heavy atom. The molecule has 1 aromatic carbocycles. The highest BCUT2D eigenvalue weighted by Gasteiger charge is 2.31. The van der Waals surface area contributed by atoms with E-state index in [0.717, 1.165) is 17.6 Å². The van der Waals surface area contributed by atoms with Crippen LogP contribution in [0.3, 0.4) is 0 Å². The zero-order chi connectivity index (χ0) is 11.0. The van der Waals surface area contributed by atoms with Crippen molar-refractivity contribution in [3.8, 4) is 5.75 Å². The number of ether oxygens (including phenoxy) is 1. The molecule has 0 heterocycles. The van der Waals surface area contributed by atoms with Crippen LogP contribution in [0.15, 0.2) is 18.2 Å². The maximum Gasteiger partial charge on any atom is 0.119 e. The van der Waals surface area contributed by atoms with Crippen LogP contribution in [0.25, 0.3) is 0 Å². The van der Waals surface area contributed by atoms with Gasteiger partial charge >= 0.3 is 0 Å². The van der Waals surface area contributed by atoms with E-state index in [1.165, 1.54) is 38.5 Å². The van der Waals surface area contributed by atoms with E-state index in [2.05, 4.69) is 18.2 Å². The van der Waals surface area contributed by atoms with Gasteiger partial charge in [0.2, 0.25) is 0 Å². The van der Waals surface area contributed by atoms with Gasteiger partial charge in [-0.05, 0) is 60.8 Å². The summed E-state index contributed by atoms with van der Waals surface area (Å²) >= 11 is 0. The van der Waals surface area contributed by atoms with E-state index < -0.39 is 0 Å². The summed E-state index contributed by atoms with van der Waals surface area (Å²) in [5, 5.41) is 0. The fourth-order valence-electron chi connectivity index (χ4n) is 3.59. The molecular formula is C15H20O. The highest BCUT2D eigenvalue weighted by molar-refractivity contribution is 5.40. The minimum absolute atomic E-state index is 0.850. The second-order valence-corrected chi connectivity index (χ2v) is 5.25. The Balaban J connectivity index is 1.96. The lowest BCUT2D eigenvalue weighted by Gasteiger charge is -2.37. The highest BCUT2D eigenvalue weighted by atomic mass is 16.5. The number of aryl methyl sites for hydroxylation is 1. The normalized spacial score (nSPS) is 28.1. The summed E-state index contributed by atoms with van der Waals surface area (Å²) in [6.45, 7) is 0. The summed E-state index contributed by atoms with van der Waals surface area (Å²) in [6, 6.07) is 6.70. The van der Waals surface area contributed by atoms with Crippen molar-refractivity contribution in [2.24, 2.45) is 5.92 Å². The zero-order valence-electron chi connectivity index (χ0n) is 10.0. The first-order valence-corrected chi connectivity index (χ1v) is 6.55. The number of methoxy groups -OCH3 is 1. The van der Waals surface area contributed by atoms with Gasteiger partial charge in [-0.15, -0.1) is 0 Å². The van der Waals surface area contributed by atoms with Gasteiger partial charge < -0.3 is 4.74 Å². The van der Waals surface area contributed by atoms with E-state index in [0.29, 0.717) is 0 Å². The summed E-state index contributed by atoms with van der Waals surface area (Å²) in [5.41, 5.74) is 3.17. The molecule has 1 aromatic rings. The van der Waals surface area contributed by atoms with E-state index in [1.807, 2.05) is 0 Å². The molecule has 1 saturated carbocycles. The quantitative estimate of drug-likeness (QED) is 0.691. The zero-order valence-corrected chi connectivity index (χ0v) is 10.0. The number of fused-ring (bicyclic) bond motifs is 3. The van der Waals surface area contributed by atoms with Crippen LogP contribution in [-0.2, 0) is 6.42 Å². The predicted octanol–water partition coefficient (Wildman–Crippen LogP) is 3.92. The van der Waals surface area contributed by atoms with E-state index in [4.69, 9.17) is 4.74 Å². The van der Waals surface area contributed by atoms with Gasteiger partial charge in [-0.25, -0.2) is 0 Å². The van der Waals surface area contributed by atoms with Crippen LogP contribution in [0, 0.1) is 5.92 Å². The van der Waals surface area contributed by atoms with Crippen LogP contribution in [-0.4, -0.2) is 7.11 Å². The first kappa shape index (κ1) is 10.2. The third-order valence-corrected chi connectivity index (χ3v) is 4.44. The summed E-state index contributed by atoms with van der Waals surface area (Å²) in [5.74, 6) is 2.84. The minimum atomic E-state index is 0.850. The molecule has 0 unspecified atom stereocenters. The highest BCUT2D eigenvalue weighted by Crippen LogP contribution is 2.45. The molecule has 0 bridgehead atoms. The van der Waals surface area contributed by atoms with Crippen molar-refractivity contribution in [1.29, 1.82) is 0 Å². The molecule has 1 nitrogen and oxygen atoms in total. The van der Waals surface area contributed by atoms with Gasteiger partial charge in [0, 0.05) is 0 Å². The molecule has 0 spiro atoms. The molecule has 2 aliphatic carbocycles. The van der Waals surface area contributed by atoms with Gasteiger partial charge in [0.15, 0.2) is 0 Å². The number of hydrogen-bond donors (Lipinski definition) is 0. The lowest BCUT2D eigenvalue weighted by atomic mass is 9.68. The molecule has 2 aliphatic rings. The lowest BCUT2D eigenvalue weighted by Crippen LogP contribution is -2.23. The molecule has 86 valence electrons. The minimum Gasteiger partial charge on any atom is -0.497 e. The van der Waals surface area contributed by atoms with Crippen molar-refractivity contribution in [3.05, 3.63) is 29.3 Å². The molecule has 1 fully saturated rings. The summed E-state index contributed by atoms with van der Waals surface area (Å²) < 4.78 is 5.32. The van der Waals surface area contributed by atoms with Gasteiger partial charge in [-0.2, -0.15) is 0 Å². The molecule has 0 aliphatic heterocycles. The Morgan fingerprint density at radius 2 is 2.00 bits per heavy atom. The Kier molecular flexibility index (Phi) is 2.62. The number of benzene rings is 1. The van der Waals surface area contributed by atoms with Crippen LogP contribution >= 0.6 is 0 Å². The second kappa shape index (κ2) is 4.12. The van der Waals surface area contributed by atoms with Gasteiger partial charge in [0.05, 0.1) is 7.11 Å². The van der Waals surface area contributed by atoms with Crippen LogP contribution in [0.1, 0.15) is 49.1 Å². The number of hydrogen-bond acceptors (Lipinski definition) is 1. The molecule has 3 rings (SSSR count). The molecule has 0 N–H and O–H groups in total. The van der Waals surface area contributed by atoms with Gasteiger partial charge in [0.25, 0.3) is 0 Å². The fraction of sp³-hybridized carbons (Fsp3) is 0.600. The molecule has 0 saturated heterocycles. The van der Waals surface area contributed by atoms with Crippen molar-refractivity contribution >= 4 is 0 Å². The molecule has 16 heavy (non-hydrogen) atoms. The first-order chi connectivity index (χ1) is 7.88. The Morgan fingerprint density at radius 1 is 1.12 bits per heavy atom. The van der Waals surface area contributed by atoms with Crippen molar-refractivity contribution in [1.82, 2.24) is 0 Å². The molecular weight excluding hydrogens is 196 g/mol. The summed E-state index contributed by atoms with van der Waals surface area (Å²) in [6.07, 6.45) is 8.39. The smallest absolute Gasteiger partial charge is 0.119 e. The average molecular weight is 216 g/mol. The molecule has 0 aromatic heterocycles. The molecule has 2 atom stereocenters. The van der Waals surface area contributed by atoms with E-state index in [9.17, 15) is 0 Å². The van der Waals surface area contributed by atoms with E-state index in [-0.39, 0.29) is 0 Å². The van der Waals surface area contributed by atoms with Crippen LogP contribution < -0.4 is 4.74 Å². The molecule has 0 amide bonds.